The number of ether oxygens (including phenoxy) is 2. The first-order chi connectivity index (χ1) is 17.6. The van der Waals surface area contributed by atoms with Crippen molar-refractivity contribution in [1.29, 1.82) is 0 Å². The van der Waals surface area contributed by atoms with Crippen molar-refractivity contribution in [1.82, 2.24) is 19.5 Å². The number of alkyl halides is 1. The largest absolute Gasteiger partial charge is 0.494 e. The number of nitrogens with zero attached hydrogens (tertiary/aromatic N) is 4. The molecule has 10 heteroatoms. The van der Waals surface area contributed by atoms with Gasteiger partial charge in [-0.25, -0.2) is 14.4 Å². The zero-order chi connectivity index (χ0) is 25.1. The summed E-state index contributed by atoms with van der Waals surface area (Å²) in [6.07, 6.45) is 3.34. The summed E-state index contributed by atoms with van der Waals surface area (Å²) in [5.41, 5.74) is 5.04. The molecule has 2 aromatic carbocycles. The molecule has 0 spiro atoms. The molecule has 2 N–H and O–H groups in total. The summed E-state index contributed by atoms with van der Waals surface area (Å²) in [6.45, 7) is 3.14. The number of aromatic nitrogens is 4. The van der Waals surface area contributed by atoms with Crippen LogP contribution in [0.5, 0.6) is 5.75 Å². The standard InChI is InChI=1S/C26H26ClFN6O2/c1-3-29-25-20-14-36-13-19(17-6-4-16(11-28)5-7-17)24(20)32-26(33-25)31-18-8-9-21(22(10-18)35-2)34-12-23(27)30-15-34/h4-10,12,15,19H,3,11,13-14H2,1-2H3,(H2,29,31,32,33). The first-order valence-electron chi connectivity index (χ1n) is 11.6. The highest BCUT2D eigenvalue weighted by Crippen LogP contribution is 2.36. The molecule has 0 saturated heterocycles. The van der Waals surface area contributed by atoms with E-state index in [0.29, 0.717) is 42.2 Å². The molecule has 2 aromatic heterocycles. The van der Waals surface area contributed by atoms with Crippen LogP contribution >= 0.6 is 11.6 Å². The first-order valence-corrected chi connectivity index (χ1v) is 12.0. The van der Waals surface area contributed by atoms with E-state index >= 15 is 0 Å². The molecule has 1 unspecified atom stereocenters. The maximum Gasteiger partial charge on any atom is 0.229 e. The summed E-state index contributed by atoms with van der Waals surface area (Å²) in [5, 5.41) is 7.06. The Morgan fingerprint density at radius 2 is 2.03 bits per heavy atom. The van der Waals surface area contributed by atoms with Crippen LogP contribution < -0.4 is 15.4 Å². The van der Waals surface area contributed by atoms with Gasteiger partial charge in [0.15, 0.2) is 0 Å². The van der Waals surface area contributed by atoms with E-state index in [1.165, 1.54) is 0 Å². The minimum atomic E-state index is -0.491. The molecule has 8 nitrogen and oxygen atoms in total. The van der Waals surface area contributed by atoms with Crippen molar-refractivity contribution in [3.05, 3.63) is 82.5 Å². The SMILES string of the molecule is CCNc1nc(Nc2ccc(-n3cnc(Cl)c3)c(OC)c2)nc2c1COCC2c1ccc(CF)cc1. The van der Waals surface area contributed by atoms with Gasteiger partial charge in [-0.15, -0.1) is 0 Å². The van der Waals surface area contributed by atoms with Gasteiger partial charge in [0.1, 0.15) is 29.7 Å². The number of halogens is 2. The number of hydrogen-bond acceptors (Lipinski definition) is 7. The van der Waals surface area contributed by atoms with Gasteiger partial charge in [0.05, 0.1) is 37.6 Å². The quantitative estimate of drug-likeness (QED) is 0.319. The van der Waals surface area contributed by atoms with E-state index in [4.69, 9.17) is 31.0 Å². The number of fused-ring (bicyclic) bond motifs is 1. The third kappa shape index (κ3) is 4.84. The predicted molar refractivity (Wildman–Crippen MR) is 137 cm³/mol. The second-order valence-electron chi connectivity index (χ2n) is 8.35. The van der Waals surface area contributed by atoms with Crippen LogP contribution in [0.3, 0.4) is 0 Å². The van der Waals surface area contributed by atoms with Gasteiger partial charge in [-0.3, -0.25) is 0 Å². The number of benzene rings is 2. The summed E-state index contributed by atoms with van der Waals surface area (Å²) in [5.74, 6) is 1.73. The Balaban J connectivity index is 1.50. The predicted octanol–water partition coefficient (Wildman–Crippen LogP) is 5.63. The molecular formula is C26H26ClFN6O2. The van der Waals surface area contributed by atoms with Crippen molar-refractivity contribution in [2.75, 3.05) is 30.9 Å². The van der Waals surface area contributed by atoms with Crippen molar-refractivity contribution >= 4 is 29.1 Å². The van der Waals surface area contributed by atoms with Gasteiger partial charge >= 0.3 is 0 Å². The van der Waals surface area contributed by atoms with Crippen LogP contribution in [0.25, 0.3) is 5.69 Å². The smallest absolute Gasteiger partial charge is 0.229 e. The van der Waals surface area contributed by atoms with Crippen LogP contribution in [0.15, 0.2) is 55.0 Å². The highest BCUT2D eigenvalue weighted by Gasteiger charge is 2.28. The van der Waals surface area contributed by atoms with Crippen LogP contribution in [0, 0.1) is 0 Å². The third-order valence-electron chi connectivity index (χ3n) is 6.05. The Hall–Kier alpha value is -3.69. The van der Waals surface area contributed by atoms with Crippen LogP contribution in [0.2, 0.25) is 5.15 Å². The Morgan fingerprint density at radius 3 is 2.72 bits per heavy atom. The number of anilines is 3. The zero-order valence-corrected chi connectivity index (χ0v) is 20.7. The molecule has 3 heterocycles. The van der Waals surface area contributed by atoms with E-state index in [0.717, 1.165) is 34.0 Å². The van der Waals surface area contributed by atoms with Gasteiger partial charge in [-0.05, 0) is 30.2 Å². The molecule has 1 aliphatic rings. The molecule has 0 radical (unpaired) electrons. The molecule has 36 heavy (non-hydrogen) atoms. The van der Waals surface area contributed by atoms with Crippen LogP contribution in [0.4, 0.5) is 21.8 Å². The highest BCUT2D eigenvalue weighted by atomic mass is 35.5. The van der Waals surface area contributed by atoms with Gasteiger partial charge in [-0.2, -0.15) is 4.98 Å². The third-order valence-corrected chi connectivity index (χ3v) is 6.24. The van der Waals surface area contributed by atoms with Crippen molar-refractivity contribution < 1.29 is 13.9 Å². The van der Waals surface area contributed by atoms with Gasteiger partial charge in [0, 0.05) is 30.1 Å². The lowest BCUT2D eigenvalue weighted by atomic mass is 9.91. The summed E-state index contributed by atoms with van der Waals surface area (Å²) < 4.78 is 26.3. The minimum absolute atomic E-state index is 0.0914. The van der Waals surface area contributed by atoms with Gasteiger partial charge < -0.3 is 24.7 Å². The van der Waals surface area contributed by atoms with Gasteiger partial charge in [0.2, 0.25) is 5.95 Å². The molecule has 0 bridgehead atoms. The summed E-state index contributed by atoms with van der Waals surface area (Å²) in [4.78, 5) is 13.7. The molecule has 0 aliphatic carbocycles. The molecule has 1 atom stereocenters. The number of methoxy groups -OCH3 is 1. The molecule has 186 valence electrons. The number of rotatable bonds is 8. The van der Waals surface area contributed by atoms with Crippen molar-refractivity contribution in [3.63, 3.8) is 0 Å². The topological polar surface area (TPSA) is 86.1 Å². The number of imidazole rings is 1. The maximum atomic E-state index is 13.0. The van der Waals surface area contributed by atoms with Crippen molar-refractivity contribution in [2.45, 2.75) is 26.1 Å². The zero-order valence-electron chi connectivity index (χ0n) is 20.0. The van der Waals surface area contributed by atoms with Crippen molar-refractivity contribution in [2.24, 2.45) is 0 Å². The maximum absolute atomic E-state index is 13.0. The van der Waals surface area contributed by atoms with Gasteiger partial charge in [-0.1, -0.05) is 35.9 Å². The molecule has 0 fully saturated rings. The summed E-state index contributed by atoms with van der Waals surface area (Å²) in [7, 11) is 1.61. The Kier molecular flexibility index (Phi) is 7.02. The average molecular weight is 509 g/mol. The lowest BCUT2D eigenvalue weighted by Crippen LogP contribution is -2.23. The lowest BCUT2D eigenvalue weighted by molar-refractivity contribution is 0.0979. The average Bonchev–Trinajstić information content (AvgIpc) is 3.34. The second kappa shape index (κ2) is 10.5. The summed E-state index contributed by atoms with van der Waals surface area (Å²) >= 11 is 5.98. The normalized spacial score (nSPS) is 14.8. The Bertz CT molecular complexity index is 1360. The van der Waals surface area contributed by atoms with E-state index in [1.54, 1.807) is 36.3 Å². The molecule has 1 aliphatic heterocycles. The molecule has 0 amide bonds. The van der Waals surface area contributed by atoms with E-state index < -0.39 is 6.67 Å². The Labute approximate surface area is 213 Å². The van der Waals surface area contributed by atoms with E-state index in [2.05, 4.69) is 15.6 Å². The number of hydrogen-bond donors (Lipinski definition) is 2. The lowest BCUT2D eigenvalue weighted by Gasteiger charge is -2.27. The Morgan fingerprint density at radius 1 is 1.19 bits per heavy atom. The van der Waals surface area contributed by atoms with E-state index in [9.17, 15) is 4.39 Å². The summed E-state index contributed by atoms with van der Waals surface area (Å²) in [6, 6.07) is 13.2. The molecule has 0 saturated carbocycles. The molecule has 5 rings (SSSR count). The number of nitrogens with one attached hydrogen (secondary N) is 2. The van der Waals surface area contributed by atoms with Crippen molar-refractivity contribution in [3.8, 4) is 11.4 Å². The van der Waals surface area contributed by atoms with E-state index in [-0.39, 0.29) is 5.92 Å². The van der Waals surface area contributed by atoms with Crippen LogP contribution in [-0.4, -0.2) is 39.8 Å². The fourth-order valence-electron chi connectivity index (χ4n) is 4.28. The van der Waals surface area contributed by atoms with E-state index in [1.807, 2.05) is 37.3 Å². The molecule has 4 aromatic rings. The minimum Gasteiger partial charge on any atom is -0.494 e. The first kappa shape index (κ1) is 24.0. The highest BCUT2D eigenvalue weighted by molar-refractivity contribution is 6.29. The van der Waals surface area contributed by atoms with Crippen LogP contribution in [-0.2, 0) is 18.0 Å². The second-order valence-corrected chi connectivity index (χ2v) is 8.74. The van der Waals surface area contributed by atoms with Gasteiger partial charge in [0.25, 0.3) is 0 Å². The fraction of sp³-hybridized carbons (Fsp3) is 0.269. The monoisotopic (exact) mass is 508 g/mol. The fourth-order valence-corrected chi connectivity index (χ4v) is 4.43. The van der Waals surface area contributed by atoms with Crippen LogP contribution in [0.1, 0.15) is 35.2 Å². The molecular weight excluding hydrogens is 483 g/mol.